The summed E-state index contributed by atoms with van der Waals surface area (Å²) in [6.45, 7) is 2.76. The molecule has 6 atom stereocenters. The van der Waals surface area contributed by atoms with Crippen LogP contribution in [0.4, 0.5) is 29.1 Å². The van der Waals surface area contributed by atoms with E-state index in [0.717, 1.165) is 19.4 Å². The highest BCUT2D eigenvalue weighted by Gasteiger charge is 2.67. The number of nitrogens with two attached hydrogens (primary N) is 1. The van der Waals surface area contributed by atoms with Crippen molar-refractivity contribution in [3.05, 3.63) is 47.7 Å². The van der Waals surface area contributed by atoms with E-state index >= 15 is 4.39 Å². The van der Waals surface area contributed by atoms with Crippen molar-refractivity contribution in [2.45, 2.75) is 49.6 Å². The van der Waals surface area contributed by atoms with Gasteiger partial charge in [-0.2, -0.15) is 9.97 Å². The molecular weight excluding hydrogens is 612 g/mol. The monoisotopic (exact) mass is 644 g/mol. The lowest BCUT2D eigenvalue weighted by molar-refractivity contribution is 0.107. The minimum Gasteiger partial charge on any atom is -0.461 e. The first-order chi connectivity index (χ1) is 22.7. The quantitative estimate of drug-likeness (QED) is 0.180. The summed E-state index contributed by atoms with van der Waals surface area (Å²) >= 11 is 0. The van der Waals surface area contributed by atoms with Crippen molar-refractivity contribution in [1.29, 1.82) is 0 Å². The molecule has 8 nitrogen and oxygen atoms in total. The number of hydrogen-bond donors (Lipinski definition) is 1. The van der Waals surface area contributed by atoms with Crippen molar-refractivity contribution in [3.63, 3.8) is 0 Å². The van der Waals surface area contributed by atoms with E-state index in [0.29, 0.717) is 54.8 Å². The molecule has 12 heteroatoms. The van der Waals surface area contributed by atoms with Gasteiger partial charge in [-0.3, -0.25) is 9.88 Å². The van der Waals surface area contributed by atoms with Crippen molar-refractivity contribution >= 4 is 33.2 Å². The Morgan fingerprint density at radius 1 is 1.17 bits per heavy atom. The molecule has 242 valence electrons. The van der Waals surface area contributed by atoms with Crippen molar-refractivity contribution in [2.24, 2.45) is 11.3 Å². The van der Waals surface area contributed by atoms with Gasteiger partial charge in [0.25, 0.3) is 0 Å². The molecule has 1 spiro atoms. The Balaban J connectivity index is 1.18. The molecule has 3 saturated heterocycles. The highest BCUT2D eigenvalue weighted by molar-refractivity contribution is 6.03. The van der Waals surface area contributed by atoms with Crippen LogP contribution in [0.15, 0.2) is 30.5 Å². The van der Waals surface area contributed by atoms with Gasteiger partial charge in [0.2, 0.25) is 0 Å². The Kier molecular flexibility index (Phi) is 6.25. The summed E-state index contributed by atoms with van der Waals surface area (Å²) in [5.41, 5.74) is 5.82. The molecule has 0 radical (unpaired) electrons. The predicted molar refractivity (Wildman–Crippen MR) is 168 cm³/mol. The van der Waals surface area contributed by atoms with Gasteiger partial charge in [-0.1, -0.05) is 12.0 Å². The van der Waals surface area contributed by atoms with Crippen LogP contribution in [0.1, 0.15) is 31.2 Å². The Hall–Kier alpha value is -4.21. The van der Waals surface area contributed by atoms with Gasteiger partial charge in [0.05, 0.1) is 35.7 Å². The van der Waals surface area contributed by atoms with E-state index in [2.05, 4.69) is 20.8 Å². The topological polar surface area (TPSA) is 89.6 Å². The maximum absolute atomic E-state index is 16.9. The number of alkyl halides is 2. The molecule has 2 N–H and O–H groups in total. The first kappa shape index (κ1) is 29.0. The fraction of sp³-hybridized carbons (Fsp3) is 0.457. The van der Waals surface area contributed by atoms with Crippen LogP contribution in [-0.4, -0.2) is 83.2 Å². The molecular formula is C35H32F4N6O2. The van der Waals surface area contributed by atoms with E-state index in [4.69, 9.17) is 26.6 Å². The number of nitrogen functional groups attached to an aromatic ring is 1. The summed E-state index contributed by atoms with van der Waals surface area (Å²) in [6, 6.07) is 5.37. The SMILES string of the molecule is C#Cc1c(F)ccc2cc(N)cc(-c3ncc4c(N5CCOC[C@H]6[C@H](F)[C@H]65)nc(OC[C@@]56CCCN5C[C@@]5(C[C@H]5F)C6)nc4c3F)c12. The number of anilines is 2. The molecule has 4 aromatic rings. The Bertz CT molecular complexity index is 2020. The van der Waals surface area contributed by atoms with E-state index in [-0.39, 0.29) is 63.8 Å². The van der Waals surface area contributed by atoms with E-state index in [1.165, 1.54) is 24.4 Å². The number of fused-ring (bicyclic) bond motifs is 4. The summed E-state index contributed by atoms with van der Waals surface area (Å²) in [5, 5.41) is 1.10. The highest BCUT2D eigenvalue weighted by atomic mass is 19.1. The zero-order chi connectivity index (χ0) is 32.2. The van der Waals surface area contributed by atoms with Gasteiger partial charge in [-0.25, -0.2) is 17.6 Å². The lowest BCUT2D eigenvalue weighted by Crippen LogP contribution is -2.43. The van der Waals surface area contributed by atoms with Gasteiger partial charge in [-0.05, 0) is 55.8 Å². The van der Waals surface area contributed by atoms with Crippen molar-refractivity contribution < 1.29 is 27.0 Å². The van der Waals surface area contributed by atoms with Gasteiger partial charge in [0.15, 0.2) is 5.82 Å². The lowest BCUT2D eigenvalue weighted by Gasteiger charge is -2.31. The van der Waals surface area contributed by atoms with Gasteiger partial charge >= 0.3 is 6.01 Å². The van der Waals surface area contributed by atoms with Gasteiger partial charge in [0.1, 0.15) is 41.8 Å². The van der Waals surface area contributed by atoms with E-state index in [1.54, 1.807) is 11.0 Å². The molecule has 5 heterocycles. The molecule has 2 aromatic heterocycles. The maximum atomic E-state index is 16.9. The summed E-state index contributed by atoms with van der Waals surface area (Å²) in [7, 11) is 0. The zero-order valence-corrected chi connectivity index (χ0v) is 25.5. The number of terminal acetylenes is 1. The molecule has 5 aliphatic rings. The molecule has 5 fully saturated rings. The first-order valence-electron chi connectivity index (χ1n) is 16.1. The second-order valence-corrected chi connectivity index (χ2v) is 13.9. The largest absolute Gasteiger partial charge is 0.461 e. The number of benzene rings is 2. The molecule has 47 heavy (non-hydrogen) atoms. The number of ether oxygens (including phenoxy) is 2. The van der Waals surface area contributed by atoms with Crippen molar-refractivity contribution in [3.8, 4) is 29.6 Å². The van der Waals surface area contributed by atoms with Crippen LogP contribution in [0.3, 0.4) is 0 Å². The molecule has 2 aromatic carbocycles. The number of hydrogen-bond acceptors (Lipinski definition) is 8. The Morgan fingerprint density at radius 3 is 2.83 bits per heavy atom. The third-order valence-corrected chi connectivity index (χ3v) is 11.1. The lowest BCUT2D eigenvalue weighted by atomic mass is 9.89. The molecule has 3 aliphatic heterocycles. The van der Waals surface area contributed by atoms with Gasteiger partial charge in [0, 0.05) is 47.3 Å². The maximum Gasteiger partial charge on any atom is 0.319 e. The van der Waals surface area contributed by atoms with E-state index in [9.17, 15) is 13.2 Å². The average molecular weight is 645 g/mol. The van der Waals surface area contributed by atoms with Crippen LogP contribution in [0.2, 0.25) is 0 Å². The minimum absolute atomic E-state index is 0.0367. The molecule has 0 unspecified atom stereocenters. The number of pyridine rings is 1. The highest BCUT2D eigenvalue weighted by Crippen LogP contribution is 2.62. The minimum atomic E-state index is -1.12. The Labute approximate surface area is 268 Å². The summed E-state index contributed by atoms with van der Waals surface area (Å²) < 4.78 is 73.1. The number of aromatic nitrogens is 3. The smallest absolute Gasteiger partial charge is 0.319 e. The van der Waals surface area contributed by atoms with E-state index in [1.807, 2.05) is 0 Å². The third-order valence-electron chi connectivity index (χ3n) is 11.1. The van der Waals surface area contributed by atoms with Crippen molar-refractivity contribution in [1.82, 2.24) is 19.9 Å². The summed E-state index contributed by atoms with van der Waals surface area (Å²) in [5.74, 6) is 0.926. The zero-order valence-electron chi connectivity index (χ0n) is 25.5. The van der Waals surface area contributed by atoms with Crippen LogP contribution in [-0.2, 0) is 4.74 Å². The Morgan fingerprint density at radius 2 is 2.02 bits per heavy atom. The second-order valence-electron chi connectivity index (χ2n) is 13.9. The average Bonchev–Trinajstić information content (AvgIpc) is 3.81. The normalized spacial score (nSPS) is 31.2. The van der Waals surface area contributed by atoms with Gasteiger partial charge in [-0.15, -0.1) is 6.42 Å². The summed E-state index contributed by atoms with van der Waals surface area (Å²) in [4.78, 5) is 17.9. The number of nitrogens with zero attached hydrogens (tertiary/aromatic N) is 5. The third kappa shape index (κ3) is 4.32. The van der Waals surface area contributed by atoms with E-state index < -0.39 is 30.0 Å². The number of rotatable bonds is 5. The van der Waals surface area contributed by atoms with Crippen LogP contribution < -0.4 is 15.4 Å². The van der Waals surface area contributed by atoms with Crippen molar-refractivity contribution in [2.75, 3.05) is 50.1 Å². The molecule has 9 rings (SSSR count). The van der Waals surface area contributed by atoms with Gasteiger partial charge < -0.3 is 20.1 Å². The second kappa shape index (κ2) is 10.1. The fourth-order valence-electron chi connectivity index (χ4n) is 8.56. The first-order valence-corrected chi connectivity index (χ1v) is 16.1. The summed E-state index contributed by atoms with van der Waals surface area (Å²) in [6.07, 6.45) is 8.32. The fourth-order valence-corrected chi connectivity index (χ4v) is 8.56. The standard InChI is InChI=1S/C35H32F4N6O2/c1-2-20-24(36)5-4-18-10-19(40)11-21(26(18)20)29-28(39)30-22(13-41-29)32(45-8-9-46-14-23-27(38)31(23)45)43-33(42-30)47-17-35-6-3-7-44(35)16-34(15-35)12-25(34)37/h1,4-5,10-11,13,23,25,27,31H,3,6-9,12,14-17,40H2/t23-,25+,27-,31-,34+,35-/m0/s1. The number of halogens is 4. The van der Waals surface area contributed by atoms with Crippen LogP contribution in [0, 0.1) is 35.3 Å². The molecule has 0 amide bonds. The molecule has 2 aliphatic carbocycles. The molecule has 2 saturated carbocycles. The molecule has 0 bridgehead atoms. The van der Waals surface area contributed by atoms with Crippen LogP contribution in [0.25, 0.3) is 32.9 Å². The van der Waals surface area contributed by atoms with Crippen LogP contribution in [0.5, 0.6) is 6.01 Å². The van der Waals surface area contributed by atoms with Crippen LogP contribution >= 0.6 is 0 Å². The predicted octanol–water partition coefficient (Wildman–Crippen LogP) is 5.21.